The van der Waals surface area contributed by atoms with E-state index in [1.165, 1.54) is 25.1 Å². The Balaban J connectivity index is 1.20. The van der Waals surface area contributed by atoms with Crippen LogP contribution in [0.1, 0.15) is 19.3 Å². The first-order valence-electron chi connectivity index (χ1n) is 11.2. The molecule has 0 spiro atoms. The summed E-state index contributed by atoms with van der Waals surface area (Å²) >= 11 is 12.0. The monoisotopic (exact) mass is 463 g/mol. The van der Waals surface area contributed by atoms with Crippen molar-refractivity contribution in [2.24, 2.45) is 10.9 Å². The first-order chi connectivity index (χ1) is 15.1. The number of halogens is 2. The van der Waals surface area contributed by atoms with E-state index in [2.05, 4.69) is 32.3 Å². The fourth-order valence-electron chi connectivity index (χ4n) is 4.61. The summed E-state index contributed by atoms with van der Waals surface area (Å²) in [4.78, 5) is 24.2. The van der Waals surface area contributed by atoms with E-state index < -0.39 is 0 Å². The molecule has 31 heavy (non-hydrogen) atoms. The second-order valence-electron chi connectivity index (χ2n) is 8.65. The summed E-state index contributed by atoms with van der Waals surface area (Å²) in [6.07, 6.45) is 8.05. The van der Waals surface area contributed by atoms with Gasteiger partial charge in [-0.3, -0.25) is 14.8 Å². The second-order valence-corrected chi connectivity index (χ2v) is 9.47. The van der Waals surface area contributed by atoms with Crippen molar-refractivity contribution in [1.29, 1.82) is 0 Å². The van der Waals surface area contributed by atoms with Crippen LogP contribution < -0.4 is 5.32 Å². The molecule has 1 N–H and O–H groups in total. The zero-order valence-electron chi connectivity index (χ0n) is 17.9. The molecular weight excluding hydrogens is 433 g/mol. The SMILES string of the molecule is O=C(Nc1ccc(Cl)c(Cl)c1)N1CCN(C[C@@H]2CCCN(CC3=NCCC=C3)C2)CC1. The summed E-state index contributed by atoms with van der Waals surface area (Å²) in [5, 5.41) is 3.85. The molecule has 1 aromatic rings. The molecule has 2 saturated heterocycles. The lowest BCUT2D eigenvalue weighted by atomic mass is 9.96. The van der Waals surface area contributed by atoms with Gasteiger partial charge < -0.3 is 10.2 Å². The maximum atomic E-state index is 12.6. The van der Waals surface area contributed by atoms with E-state index in [0.717, 1.165) is 58.8 Å². The summed E-state index contributed by atoms with van der Waals surface area (Å²) in [5.74, 6) is 0.693. The van der Waals surface area contributed by atoms with E-state index in [4.69, 9.17) is 23.2 Å². The summed E-state index contributed by atoms with van der Waals surface area (Å²) < 4.78 is 0. The number of nitrogens with one attached hydrogen (secondary N) is 1. The van der Waals surface area contributed by atoms with Gasteiger partial charge in [-0.1, -0.05) is 29.3 Å². The van der Waals surface area contributed by atoms with Crippen molar-refractivity contribution in [1.82, 2.24) is 14.7 Å². The number of anilines is 1. The van der Waals surface area contributed by atoms with Gasteiger partial charge in [0.1, 0.15) is 0 Å². The number of urea groups is 1. The van der Waals surface area contributed by atoms with Gasteiger partial charge in [0.2, 0.25) is 0 Å². The molecule has 1 atom stereocenters. The summed E-state index contributed by atoms with van der Waals surface area (Å²) in [6.45, 7) is 8.66. The van der Waals surface area contributed by atoms with Crippen LogP contribution in [0.15, 0.2) is 35.3 Å². The van der Waals surface area contributed by atoms with E-state index in [1.807, 2.05) is 4.90 Å². The third-order valence-corrected chi connectivity index (χ3v) is 7.00. The average molecular weight is 464 g/mol. The Morgan fingerprint density at radius 2 is 1.94 bits per heavy atom. The van der Waals surface area contributed by atoms with Crippen molar-refractivity contribution in [3.63, 3.8) is 0 Å². The predicted molar refractivity (Wildman–Crippen MR) is 129 cm³/mol. The highest BCUT2D eigenvalue weighted by Gasteiger charge is 2.26. The maximum absolute atomic E-state index is 12.6. The van der Waals surface area contributed by atoms with E-state index in [-0.39, 0.29) is 6.03 Å². The quantitative estimate of drug-likeness (QED) is 0.709. The predicted octanol–water partition coefficient (Wildman–Crippen LogP) is 4.26. The number of carbonyl (C=O) groups excluding carboxylic acids is 1. The lowest BCUT2D eigenvalue weighted by molar-refractivity contribution is 0.106. The Morgan fingerprint density at radius 1 is 1.10 bits per heavy atom. The molecule has 4 rings (SSSR count). The highest BCUT2D eigenvalue weighted by Crippen LogP contribution is 2.25. The Kier molecular flexibility index (Phi) is 7.88. The van der Waals surface area contributed by atoms with E-state index >= 15 is 0 Å². The Labute approximate surface area is 194 Å². The number of dihydropyridines is 1. The molecule has 0 aliphatic carbocycles. The molecule has 0 radical (unpaired) electrons. The minimum atomic E-state index is -0.0804. The zero-order valence-corrected chi connectivity index (χ0v) is 19.4. The molecule has 0 saturated carbocycles. The Bertz CT molecular complexity index is 835. The molecule has 8 heteroatoms. The number of benzene rings is 1. The number of amides is 2. The first kappa shape index (κ1) is 22.6. The molecule has 3 aliphatic heterocycles. The second kappa shape index (κ2) is 10.8. The summed E-state index contributed by atoms with van der Waals surface area (Å²) in [6, 6.07) is 5.07. The smallest absolute Gasteiger partial charge is 0.321 e. The van der Waals surface area contributed by atoms with E-state index in [9.17, 15) is 4.79 Å². The molecule has 6 nitrogen and oxygen atoms in total. The molecule has 2 fully saturated rings. The topological polar surface area (TPSA) is 51.2 Å². The van der Waals surface area contributed by atoms with E-state index in [1.54, 1.807) is 18.2 Å². The third kappa shape index (κ3) is 6.45. The molecule has 168 valence electrons. The minimum Gasteiger partial charge on any atom is -0.322 e. The summed E-state index contributed by atoms with van der Waals surface area (Å²) in [5.41, 5.74) is 1.90. The molecule has 3 heterocycles. The maximum Gasteiger partial charge on any atom is 0.321 e. The number of carbonyl (C=O) groups is 1. The average Bonchev–Trinajstić information content (AvgIpc) is 2.78. The molecule has 0 bridgehead atoms. The lowest BCUT2D eigenvalue weighted by Crippen LogP contribution is -2.52. The van der Waals surface area contributed by atoms with Gasteiger partial charge in [-0.15, -0.1) is 0 Å². The third-order valence-electron chi connectivity index (χ3n) is 6.26. The van der Waals surface area contributed by atoms with Gasteiger partial charge in [-0.05, 0) is 56.0 Å². The van der Waals surface area contributed by atoms with Crippen LogP contribution in [0.25, 0.3) is 0 Å². The lowest BCUT2D eigenvalue weighted by Gasteiger charge is -2.39. The first-order valence-corrected chi connectivity index (χ1v) is 12.0. The summed E-state index contributed by atoms with van der Waals surface area (Å²) in [7, 11) is 0. The van der Waals surface area contributed by atoms with Crippen LogP contribution in [0.3, 0.4) is 0 Å². The van der Waals surface area contributed by atoms with Gasteiger partial charge in [-0.25, -0.2) is 4.79 Å². The number of aliphatic imine (C=N–C) groups is 1. The van der Waals surface area contributed by atoms with Crippen molar-refractivity contribution in [3.8, 4) is 0 Å². The van der Waals surface area contributed by atoms with Gasteiger partial charge in [0, 0.05) is 63.8 Å². The largest absolute Gasteiger partial charge is 0.322 e. The zero-order chi connectivity index (χ0) is 21.6. The highest BCUT2D eigenvalue weighted by molar-refractivity contribution is 6.42. The number of likely N-dealkylation sites (tertiary alicyclic amines) is 1. The van der Waals surface area contributed by atoms with Crippen LogP contribution in [0.2, 0.25) is 10.0 Å². The van der Waals surface area contributed by atoms with Gasteiger partial charge in [0.05, 0.1) is 10.0 Å². The number of piperazine rings is 1. The van der Waals surface area contributed by atoms with Crippen LogP contribution >= 0.6 is 23.2 Å². The van der Waals surface area contributed by atoms with Crippen molar-refractivity contribution in [3.05, 3.63) is 40.4 Å². The Morgan fingerprint density at radius 3 is 2.68 bits per heavy atom. The van der Waals surface area contributed by atoms with Crippen molar-refractivity contribution in [2.75, 3.05) is 64.2 Å². The molecule has 1 aromatic carbocycles. The van der Waals surface area contributed by atoms with Crippen LogP contribution in [0.5, 0.6) is 0 Å². The minimum absolute atomic E-state index is 0.0804. The molecule has 0 unspecified atom stereocenters. The number of hydrogen-bond donors (Lipinski definition) is 1. The van der Waals surface area contributed by atoms with Gasteiger partial charge >= 0.3 is 6.03 Å². The van der Waals surface area contributed by atoms with Crippen LogP contribution in [-0.4, -0.2) is 85.3 Å². The number of nitrogens with zero attached hydrogens (tertiary/aromatic N) is 4. The number of rotatable bonds is 5. The number of piperidine rings is 1. The van der Waals surface area contributed by atoms with Crippen molar-refractivity contribution >= 4 is 40.6 Å². The van der Waals surface area contributed by atoms with Crippen LogP contribution in [-0.2, 0) is 0 Å². The van der Waals surface area contributed by atoms with Crippen molar-refractivity contribution < 1.29 is 4.79 Å². The number of hydrogen-bond acceptors (Lipinski definition) is 4. The van der Waals surface area contributed by atoms with Gasteiger partial charge in [0.25, 0.3) is 0 Å². The normalized spacial score (nSPS) is 23.0. The highest BCUT2D eigenvalue weighted by atomic mass is 35.5. The van der Waals surface area contributed by atoms with E-state index in [0.29, 0.717) is 21.7 Å². The Hall–Kier alpha value is -1.60. The van der Waals surface area contributed by atoms with Crippen LogP contribution in [0, 0.1) is 5.92 Å². The van der Waals surface area contributed by atoms with Crippen LogP contribution in [0.4, 0.5) is 10.5 Å². The van der Waals surface area contributed by atoms with Gasteiger partial charge in [0.15, 0.2) is 0 Å². The van der Waals surface area contributed by atoms with Crippen molar-refractivity contribution in [2.45, 2.75) is 19.3 Å². The molecule has 2 amide bonds. The molecule has 3 aliphatic rings. The molecule has 0 aromatic heterocycles. The van der Waals surface area contributed by atoms with Gasteiger partial charge in [-0.2, -0.15) is 0 Å². The fourth-order valence-corrected chi connectivity index (χ4v) is 4.90. The fraction of sp³-hybridized carbons (Fsp3) is 0.565. The molecular formula is C23H31Cl2N5O. The standard InChI is InChI=1S/C23H31Cl2N5O/c24-21-7-6-19(14-22(21)25)27-23(31)30-12-10-28(11-13-30)15-18-4-3-9-29(16-18)17-20-5-1-2-8-26-20/h1,5-7,14,18H,2-4,8-13,15-17H2,(H,27,31)/t18-/m0/s1.